The van der Waals surface area contributed by atoms with E-state index < -0.39 is 0 Å². The van der Waals surface area contributed by atoms with Gasteiger partial charge in [0.15, 0.2) is 0 Å². The SMILES string of the molecule is COc1cc(OC)cc(C(N)c2scnc2C)c1. The van der Waals surface area contributed by atoms with E-state index in [1.165, 1.54) is 0 Å². The molecule has 2 N–H and O–H groups in total. The molecule has 0 saturated carbocycles. The summed E-state index contributed by atoms with van der Waals surface area (Å²) in [5, 5.41) is 0. The molecule has 0 aliphatic carbocycles. The number of nitrogens with zero attached hydrogens (tertiary/aromatic N) is 1. The first-order valence-corrected chi connectivity index (χ1v) is 6.42. The second-order valence-electron chi connectivity index (χ2n) is 3.93. The highest BCUT2D eigenvalue weighted by Crippen LogP contribution is 2.31. The topological polar surface area (TPSA) is 57.4 Å². The molecule has 0 bridgehead atoms. The van der Waals surface area contributed by atoms with Crippen molar-refractivity contribution in [3.8, 4) is 11.5 Å². The highest BCUT2D eigenvalue weighted by molar-refractivity contribution is 7.09. The summed E-state index contributed by atoms with van der Waals surface area (Å²) in [4.78, 5) is 5.28. The summed E-state index contributed by atoms with van der Waals surface area (Å²) < 4.78 is 10.5. The molecule has 1 aromatic heterocycles. The van der Waals surface area contributed by atoms with E-state index in [9.17, 15) is 0 Å². The minimum atomic E-state index is -0.207. The number of hydrogen-bond acceptors (Lipinski definition) is 5. The quantitative estimate of drug-likeness (QED) is 0.922. The Morgan fingerprint density at radius 2 is 1.78 bits per heavy atom. The largest absolute Gasteiger partial charge is 0.497 e. The number of aryl methyl sites for hydroxylation is 1. The Morgan fingerprint density at radius 1 is 1.17 bits per heavy atom. The van der Waals surface area contributed by atoms with Gasteiger partial charge in [0.25, 0.3) is 0 Å². The van der Waals surface area contributed by atoms with E-state index in [-0.39, 0.29) is 6.04 Å². The van der Waals surface area contributed by atoms with Gasteiger partial charge in [-0.3, -0.25) is 0 Å². The van der Waals surface area contributed by atoms with E-state index in [0.29, 0.717) is 0 Å². The van der Waals surface area contributed by atoms with E-state index in [1.54, 1.807) is 25.6 Å². The van der Waals surface area contributed by atoms with Crippen LogP contribution in [0.1, 0.15) is 22.2 Å². The van der Waals surface area contributed by atoms with Crippen LogP contribution in [0.3, 0.4) is 0 Å². The van der Waals surface area contributed by atoms with Gasteiger partial charge >= 0.3 is 0 Å². The number of methoxy groups -OCH3 is 2. The van der Waals surface area contributed by atoms with Crippen molar-refractivity contribution in [2.75, 3.05) is 14.2 Å². The molecule has 0 saturated heterocycles. The van der Waals surface area contributed by atoms with Gasteiger partial charge in [-0.2, -0.15) is 0 Å². The average Bonchev–Trinajstić information content (AvgIpc) is 2.83. The van der Waals surface area contributed by atoms with Crippen molar-refractivity contribution < 1.29 is 9.47 Å². The lowest BCUT2D eigenvalue weighted by molar-refractivity contribution is 0.393. The van der Waals surface area contributed by atoms with Crippen molar-refractivity contribution in [2.45, 2.75) is 13.0 Å². The summed E-state index contributed by atoms with van der Waals surface area (Å²) in [5.41, 5.74) is 10.00. The monoisotopic (exact) mass is 264 g/mol. The van der Waals surface area contributed by atoms with Crippen molar-refractivity contribution in [3.05, 3.63) is 39.8 Å². The first-order chi connectivity index (χ1) is 8.65. The number of ether oxygens (including phenoxy) is 2. The van der Waals surface area contributed by atoms with Crippen LogP contribution in [-0.2, 0) is 0 Å². The van der Waals surface area contributed by atoms with Crippen molar-refractivity contribution >= 4 is 11.3 Å². The van der Waals surface area contributed by atoms with E-state index in [2.05, 4.69) is 4.98 Å². The maximum absolute atomic E-state index is 6.27. The number of hydrogen-bond donors (Lipinski definition) is 1. The molecule has 1 aromatic carbocycles. The lowest BCUT2D eigenvalue weighted by Crippen LogP contribution is -2.12. The Labute approximate surface area is 110 Å². The van der Waals surface area contributed by atoms with Crippen LogP contribution in [0.2, 0.25) is 0 Å². The molecule has 0 spiro atoms. The molecule has 2 rings (SSSR count). The minimum Gasteiger partial charge on any atom is -0.497 e. The summed E-state index contributed by atoms with van der Waals surface area (Å²) in [6, 6.07) is 5.47. The molecule has 18 heavy (non-hydrogen) atoms. The van der Waals surface area contributed by atoms with Crippen LogP contribution in [0.25, 0.3) is 0 Å². The van der Waals surface area contributed by atoms with Crippen molar-refractivity contribution in [1.82, 2.24) is 4.98 Å². The highest BCUT2D eigenvalue weighted by Gasteiger charge is 2.15. The Balaban J connectivity index is 2.41. The van der Waals surface area contributed by atoms with Gasteiger partial charge in [0.05, 0.1) is 31.5 Å². The van der Waals surface area contributed by atoms with Gasteiger partial charge in [0.1, 0.15) is 11.5 Å². The standard InChI is InChI=1S/C13H16N2O2S/c1-8-13(18-7-15-8)12(14)9-4-10(16-2)6-11(5-9)17-3/h4-7,12H,14H2,1-3H3. The smallest absolute Gasteiger partial charge is 0.122 e. The third-order valence-electron chi connectivity index (χ3n) is 2.80. The van der Waals surface area contributed by atoms with Gasteiger partial charge in [-0.1, -0.05) is 0 Å². The summed E-state index contributed by atoms with van der Waals surface area (Å²) in [6.45, 7) is 1.96. The minimum absolute atomic E-state index is 0.207. The van der Waals surface area contributed by atoms with Crippen LogP contribution in [0, 0.1) is 6.92 Å². The van der Waals surface area contributed by atoms with Gasteiger partial charge in [0, 0.05) is 10.9 Å². The molecule has 0 radical (unpaired) electrons. The molecule has 0 aliphatic rings. The predicted octanol–water partition coefficient (Wildman–Crippen LogP) is 2.52. The van der Waals surface area contributed by atoms with E-state index in [0.717, 1.165) is 27.6 Å². The third-order valence-corrected chi connectivity index (χ3v) is 3.81. The Morgan fingerprint density at radius 3 is 2.22 bits per heavy atom. The van der Waals surface area contributed by atoms with E-state index >= 15 is 0 Å². The summed E-state index contributed by atoms with van der Waals surface area (Å²) >= 11 is 1.56. The number of rotatable bonds is 4. The highest BCUT2D eigenvalue weighted by atomic mass is 32.1. The van der Waals surface area contributed by atoms with Crippen LogP contribution < -0.4 is 15.2 Å². The van der Waals surface area contributed by atoms with Crippen LogP contribution in [0.15, 0.2) is 23.7 Å². The molecule has 1 atom stereocenters. The Bertz CT molecular complexity index is 517. The molecule has 0 fully saturated rings. The third kappa shape index (κ3) is 2.47. The summed E-state index contributed by atoms with van der Waals surface area (Å²) in [7, 11) is 3.25. The van der Waals surface area contributed by atoms with Crippen LogP contribution in [0.5, 0.6) is 11.5 Å². The second-order valence-corrected chi connectivity index (χ2v) is 4.81. The lowest BCUT2D eigenvalue weighted by Gasteiger charge is -2.14. The molecule has 1 heterocycles. The molecule has 5 heteroatoms. The van der Waals surface area contributed by atoms with Gasteiger partial charge in [-0.15, -0.1) is 11.3 Å². The Kier molecular flexibility index (Phi) is 3.84. The molecule has 0 aliphatic heterocycles. The van der Waals surface area contributed by atoms with Crippen molar-refractivity contribution in [2.24, 2.45) is 5.73 Å². The number of thiazole rings is 1. The molecule has 96 valence electrons. The molecular weight excluding hydrogens is 248 g/mol. The molecule has 4 nitrogen and oxygen atoms in total. The van der Waals surface area contributed by atoms with Crippen molar-refractivity contribution in [3.63, 3.8) is 0 Å². The van der Waals surface area contributed by atoms with Crippen LogP contribution in [0.4, 0.5) is 0 Å². The first kappa shape index (κ1) is 12.9. The number of benzene rings is 1. The van der Waals surface area contributed by atoms with E-state index in [4.69, 9.17) is 15.2 Å². The second kappa shape index (κ2) is 5.37. The number of nitrogens with two attached hydrogens (primary N) is 1. The van der Waals surface area contributed by atoms with Gasteiger partial charge < -0.3 is 15.2 Å². The summed E-state index contributed by atoms with van der Waals surface area (Å²) in [5.74, 6) is 1.48. The van der Waals surface area contributed by atoms with E-state index in [1.807, 2.05) is 30.6 Å². The van der Waals surface area contributed by atoms with Gasteiger partial charge in [-0.05, 0) is 24.6 Å². The molecule has 2 aromatic rings. The first-order valence-electron chi connectivity index (χ1n) is 5.54. The fourth-order valence-electron chi connectivity index (χ4n) is 1.77. The zero-order valence-corrected chi connectivity index (χ0v) is 11.5. The van der Waals surface area contributed by atoms with Crippen LogP contribution in [-0.4, -0.2) is 19.2 Å². The maximum atomic E-state index is 6.27. The van der Waals surface area contributed by atoms with Gasteiger partial charge in [0.2, 0.25) is 0 Å². The van der Waals surface area contributed by atoms with Gasteiger partial charge in [-0.25, -0.2) is 4.98 Å². The fraction of sp³-hybridized carbons (Fsp3) is 0.308. The average molecular weight is 264 g/mol. The molecular formula is C13H16N2O2S. The molecule has 0 amide bonds. The lowest BCUT2D eigenvalue weighted by atomic mass is 10.0. The number of aromatic nitrogens is 1. The normalized spacial score (nSPS) is 12.2. The predicted molar refractivity (Wildman–Crippen MR) is 72.4 cm³/mol. The van der Waals surface area contributed by atoms with Crippen LogP contribution >= 0.6 is 11.3 Å². The zero-order chi connectivity index (χ0) is 13.1. The summed E-state index contributed by atoms with van der Waals surface area (Å²) in [6.07, 6.45) is 0. The zero-order valence-electron chi connectivity index (χ0n) is 10.6. The maximum Gasteiger partial charge on any atom is 0.122 e. The molecule has 1 unspecified atom stereocenters. The fourth-order valence-corrected chi connectivity index (χ4v) is 2.60. The Hall–Kier alpha value is -1.59. The van der Waals surface area contributed by atoms with Crippen molar-refractivity contribution in [1.29, 1.82) is 0 Å².